The predicted octanol–water partition coefficient (Wildman–Crippen LogP) is 3.25. The van der Waals surface area contributed by atoms with Crippen molar-refractivity contribution in [3.05, 3.63) is 77.0 Å². The average molecular weight is 460 g/mol. The first-order chi connectivity index (χ1) is 16.7. The first-order valence-corrected chi connectivity index (χ1v) is 11.9. The minimum Gasteiger partial charge on any atom is -0.452 e. The van der Waals surface area contributed by atoms with E-state index >= 15 is 0 Å². The molecule has 1 N–H and O–H groups in total. The van der Waals surface area contributed by atoms with E-state index in [2.05, 4.69) is 22.3 Å². The maximum absolute atomic E-state index is 13.3. The van der Waals surface area contributed by atoms with Crippen LogP contribution in [0.25, 0.3) is 10.9 Å². The molecule has 2 aliphatic heterocycles. The average Bonchev–Trinajstić information content (AvgIpc) is 3.39. The topological polar surface area (TPSA) is 80.8 Å². The number of esters is 1. The molecule has 1 saturated heterocycles. The van der Waals surface area contributed by atoms with Gasteiger partial charge in [-0.1, -0.05) is 48.5 Å². The van der Waals surface area contributed by atoms with Crippen molar-refractivity contribution in [2.24, 2.45) is 0 Å². The second-order valence-electron chi connectivity index (χ2n) is 8.89. The third-order valence-electron chi connectivity index (χ3n) is 6.46. The van der Waals surface area contributed by atoms with E-state index in [1.807, 2.05) is 42.5 Å². The molecule has 7 nitrogen and oxygen atoms in total. The van der Waals surface area contributed by atoms with E-state index in [0.717, 1.165) is 61.1 Å². The van der Waals surface area contributed by atoms with Crippen LogP contribution in [0.4, 0.5) is 0 Å². The number of benzene rings is 2. The Balaban J connectivity index is 1.33. The number of nitrogens with zero attached hydrogens (tertiary/aromatic N) is 2. The lowest BCUT2D eigenvalue weighted by molar-refractivity contribution is -0.124. The quantitative estimate of drug-likeness (QED) is 0.547. The van der Waals surface area contributed by atoms with E-state index in [1.54, 1.807) is 0 Å². The Morgan fingerprint density at radius 1 is 1.12 bits per heavy atom. The molecule has 2 aromatic carbocycles. The zero-order valence-electron chi connectivity index (χ0n) is 19.2. The van der Waals surface area contributed by atoms with Crippen LogP contribution in [-0.4, -0.2) is 54.2 Å². The second-order valence-corrected chi connectivity index (χ2v) is 8.89. The van der Waals surface area contributed by atoms with Gasteiger partial charge in [-0.15, -0.1) is 0 Å². The fourth-order valence-electron chi connectivity index (χ4n) is 4.74. The fraction of sp³-hybridized carbons (Fsp3) is 0.370. The Morgan fingerprint density at radius 2 is 1.94 bits per heavy atom. The van der Waals surface area contributed by atoms with Gasteiger partial charge in [0.25, 0.3) is 5.91 Å². The maximum atomic E-state index is 13.3. The van der Waals surface area contributed by atoms with Crippen LogP contribution in [0.5, 0.6) is 0 Å². The second kappa shape index (κ2) is 10.3. The summed E-state index contributed by atoms with van der Waals surface area (Å²) in [6.45, 7) is 3.14. The van der Waals surface area contributed by atoms with Gasteiger partial charge in [-0.2, -0.15) is 0 Å². The summed E-state index contributed by atoms with van der Waals surface area (Å²) < 4.78 is 11.0. The smallest absolute Gasteiger partial charge is 0.339 e. The van der Waals surface area contributed by atoms with Crippen LogP contribution in [0.1, 0.15) is 40.0 Å². The summed E-state index contributed by atoms with van der Waals surface area (Å²) in [6, 6.07) is 17.9. The number of para-hydroxylation sites is 1. The maximum Gasteiger partial charge on any atom is 0.339 e. The Kier molecular flexibility index (Phi) is 6.83. The number of pyridine rings is 1. The van der Waals surface area contributed by atoms with Crippen LogP contribution in [0, 0.1) is 0 Å². The molecule has 5 rings (SSSR count). The molecule has 1 unspecified atom stereocenters. The number of amides is 1. The van der Waals surface area contributed by atoms with Gasteiger partial charge in [0.1, 0.15) is 0 Å². The van der Waals surface area contributed by atoms with E-state index in [0.29, 0.717) is 18.7 Å². The van der Waals surface area contributed by atoms with Crippen molar-refractivity contribution in [3.8, 4) is 0 Å². The van der Waals surface area contributed by atoms with Crippen molar-refractivity contribution >= 4 is 22.8 Å². The van der Waals surface area contributed by atoms with Crippen molar-refractivity contribution < 1.29 is 19.1 Å². The van der Waals surface area contributed by atoms with Crippen LogP contribution < -0.4 is 5.32 Å². The monoisotopic (exact) mass is 459 g/mol. The molecule has 2 aliphatic rings. The number of nitrogens with one attached hydrogen (secondary N) is 1. The van der Waals surface area contributed by atoms with E-state index < -0.39 is 5.97 Å². The SMILES string of the molecule is O=C(COC(=O)c1c2c(nc3ccccc13)CCN(Cc1ccccc1)C2)NCC1CCCO1. The fourth-order valence-corrected chi connectivity index (χ4v) is 4.74. The lowest BCUT2D eigenvalue weighted by atomic mass is 9.95. The van der Waals surface area contributed by atoms with Gasteiger partial charge in [-0.05, 0) is 24.5 Å². The molecule has 0 saturated carbocycles. The van der Waals surface area contributed by atoms with Gasteiger partial charge in [-0.3, -0.25) is 14.7 Å². The molecular formula is C27H29N3O4. The highest BCUT2D eigenvalue weighted by molar-refractivity contribution is 6.05. The van der Waals surface area contributed by atoms with Crippen LogP contribution >= 0.6 is 0 Å². The lowest BCUT2D eigenvalue weighted by Crippen LogP contribution is -2.35. The molecule has 7 heteroatoms. The summed E-state index contributed by atoms with van der Waals surface area (Å²) in [6.07, 6.45) is 2.76. The van der Waals surface area contributed by atoms with Crippen LogP contribution in [0.2, 0.25) is 0 Å². The molecule has 176 valence electrons. The number of aromatic nitrogens is 1. The van der Waals surface area contributed by atoms with Gasteiger partial charge in [0.05, 0.1) is 17.2 Å². The van der Waals surface area contributed by atoms with Crippen molar-refractivity contribution in [3.63, 3.8) is 0 Å². The Labute approximate surface area is 199 Å². The zero-order chi connectivity index (χ0) is 23.3. The number of ether oxygens (including phenoxy) is 2. The lowest BCUT2D eigenvalue weighted by Gasteiger charge is -2.30. The van der Waals surface area contributed by atoms with Gasteiger partial charge in [0.2, 0.25) is 0 Å². The molecule has 34 heavy (non-hydrogen) atoms. The summed E-state index contributed by atoms with van der Waals surface area (Å²) in [4.78, 5) is 32.7. The summed E-state index contributed by atoms with van der Waals surface area (Å²) in [5.74, 6) is -0.800. The molecule has 1 fully saturated rings. The largest absolute Gasteiger partial charge is 0.452 e. The standard InChI is InChI=1S/C27H29N3O4/c31-25(28-15-20-9-6-14-33-20)18-34-27(32)26-21-10-4-5-11-23(21)29-24-12-13-30(17-22(24)26)16-19-7-2-1-3-8-19/h1-5,7-8,10-11,20H,6,9,12-18H2,(H,28,31). The van der Waals surface area contributed by atoms with Gasteiger partial charge in [0.15, 0.2) is 6.61 Å². The van der Waals surface area contributed by atoms with Gasteiger partial charge in [0, 0.05) is 55.9 Å². The zero-order valence-corrected chi connectivity index (χ0v) is 19.2. The van der Waals surface area contributed by atoms with E-state index in [9.17, 15) is 9.59 Å². The van der Waals surface area contributed by atoms with Crippen LogP contribution in [0.3, 0.4) is 0 Å². The minimum absolute atomic E-state index is 0.0476. The van der Waals surface area contributed by atoms with Gasteiger partial charge < -0.3 is 14.8 Å². The summed E-state index contributed by atoms with van der Waals surface area (Å²) in [5, 5.41) is 3.56. The van der Waals surface area contributed by atoms with E-state index in [4.69, 9.17) is 14.5 Å². The van der Waals surface area contributed by atoms with Crippen molar-refractivity contribution in [2.45, 2.75) is 38.5 Å². The third-order valence-corrected chi connectivity index (χ3v) is 6.46. The third kappa shape index (κ3) is 5.11. The number of carbonyl (C=O) groups is 2. The highest BCUT2D eigenvalue weighted by Crippen LogP contribution is 2.29. The molecule has 1 amide bonds. The molecule has 0 radical (unpaired) electrons. The Bertz CT molecular complexity index is 1180. The van der Waals surface area contributed by atoms with Crippen molar-refractivity contribution in [1.82, 2.24) is 15.2 Å². The number of rotatable bonds is 7. The molecule has 0 bridgehead atoms. The van der Waals surface area contributed by atoms with Gasteiger partial charge in [-0.25, -0.2) is 4.79 Å². The number of hydrogen-bond donors (Lipinski definition) is 1. The Hall–Kier alpha value is -3.29. The molecule has 1 atom stereocenters. The first kappa shape index (κ1) is 22.5. The molecule has 1 aromatic heterocycles. The molecular weight excluding hydrogens is 430 g/mol. The van der Waals surface area contributed by atoms with E-state index in [-0.39, 0.29) is 18.6 Å². The van der Waals surface area contributed by atoms with Gasteiger partial charge >= 0.3 is 5.97 Å². The first-order valence-electron chi connectivity index (χ1n) is 11.9. The number of carbonyl (C=O) groups excluding carboxylic acids is 2. The minimum atomic E-state index is -0.483. The summed E-state index contributed by atoms with van der Waals surface area (Å²) >= 11 is 0. The van der Waals surface area contributed by atoms with E-state index in [1.165, 1.54) is 5.56 Å². The Morgan fingerprint density at radius 3 is 2.76 bits per heavy atom. The van der Waals surface area contributed by atoms with Crippen LogP contribution in [0.15, 0.2) is 54.6 Å². The predicted molar refractivity (Wildman–Crippen MR) is 128 cm³/mol. The molecule has 0 aliphatic carbocycles. The number of fused-ring (bicyclic) bond motifs is 2. The molecule has 3 aromatic rings. The molecule has 0 spiro atoms. The highest BCUT2D eigenvalue weighted by atomic mass is 16.5. The van der Waals surface area contributed by atoms with Crippen LogP contribution in [-0.2, 0) is 33.8 Å². The number of hydrogen-bond acceptors (Lipinski definition) is 6. The van der Waals surface area contributed by atoms with Crippen molar-refractivity contribution in [2.75, 3.05) is 26.3 Å². The highest BCUT2D eigenvalue weighted by Gasteiger charge is 2.27. The normalized spacial score (nSPS) is 17.9. The summed E-state index contributed by atoms with van der Waals surface area (Å²) in [7, 11) is 0. The molecule has 3 heterocycles. The van der Waals surface area contributed by atoms with Crippen molar-refractivity contribution in [1.29, 1.82) is 0 Å². The summed E-state index contributed by atoms with van der Waals surface area (Å²) in [5.41, 5.74) is 4.34.